The number of halogens is 1. The Morgan fingerprint density at radius 1 is 0.875 bits per heavy atom. The molecule has 0 aliphatic heterocycles. The molecule has 140 valence electrons. The summed E-state index contributed by atoms with van der Waals surface area (Å²) in [4.78, 5) is 2.34. The summed E-state index contributed by atoms with van der Waals surface area (Å²) in [6.45, 7) is 0. The number of rotatable bonds is 4. The summed E-state index contributed by atoms with van der Waals surface area (Å²) < 4.78 is -1.25. The van der Waals surface area contributed by atoms with Crippen LogP contribution >= 0.6 is 13.9 Å². The Bertz CT molecular complexity index is 567. The quantitative estimate of drug-likeness (QED) is 0.319. The third-order valence-electron chi connectivity index (χ3n) is 5.96. The van der Waals surface area contributed by atoms with Crippen LogP contribution in [0.2, 0.25) is 0 Å². The topological polar surface area (TPSA) is 3.24 Å². The molecule has 3 rings (SSSR count). The van der Waals surface area contributed by atoms with Gasteiger partial charge < -0.3 is 0 Å². The van der Waals surface area contributed by atoms with Gasteiger partial charge in [0.2, 0.25) is 0 Å². The van der Waals surface area contributed by atoms with Crippen LogP contribution in [0.5, 0.6) is 0 Å². The molecule has 0 aromatic heterocycles. The number of hydrogen-bond acceptors (Lipinski definition) is 1. The van der Waals surface area contributed by atoms with E-state index in [0.717, 1.165) is 11.3 Å². The van der Waals surface area contributed by atoms with Gasteiger partial charge in [-0.25, -0.2) is 0 Å². The number of para-hydroxylation sites is 1. The maximum absolute atomic E-state index is 7.03. The second-order valence-electron chi connectivity index (χ2n) is 7.65. The van der Waals surface area contributed by atoms with Gasteiger partial charge in [0.15, 0.2) is 0 Å². The molecule has 4 heteroatoms. The van der Waals surface area contributed by atoms with Crippen molar-refractivity contribution in [3.63, 3.8) is 0 Å². The van der Waals surface area contributed by atoms with Crippen molar-refractivity contribution in [3.05, 3.63) is 24.3 Å². The van der Waals surface area contributed by atoms with Gasteiger partial charge in [0, 0.05) is 0 Å². The van der Waals surface area contributed by atoms with Gasteiger partial charge in [0.1, 0.15) is 0 Å². The first kappa shape index (κ1) is 19.2. The molecule has 0 atom stereocenters. The first-order valence-corrected chi connectivity index (χ1v) is 16.9. The Labute approximate surface area is 160 Å². The van der Waals surface area contributed by atoms with Crippen LogP contribution in [0.1, 0.15) is 64.2 Å². The second kappa shape index (κ2) is 8.92. The minimum absolute atomic E-state index is 0.126. The van der Waals surface area contributed by atoms with E-state index < -0.39 is 4.69 Å². The molecule has 0 saturated heterocycles. The van der Waals surface area contributed by atoms with Crippen molar-refractivity contribution in [1.29, 1.82) is 0 Å². The Hall–Kier alpha value is 0.480. The molecule has 2 aliphatic carbocycles. The van der Waals surface area contributed by atoms with Crippen molar-refractivity contribution >= 4 is 24.9 Å². The zero-order valence-corrected chi connectivity index (χ0v) is 18.9. The van der Waals surface area contributed by atoms with Gasteiger partial charge >= 0.3 is 161 Å². The Morgan fingerprint density at radius 2 is 1.38 bits per heavy atom. The fourth-order valence-electron chi connectivity index (χ4n) is 4.79. The van der Waals surface area contributed by atoms with E-state index in [9.17, 15) is 0 Å². The molecule has 24 heavy (non-hydrogen) atoms. The summed E-state index contributed by atoms with van der Waals surface area (Å²) in [6.07, 6.45) is 14.4. The monoisotopic (exact) mass is 549 g/mol. The van der Waals surface area contributed by atoms with E-state index in [-0.39, 0.29) is 17.6 Å². The summed E-state index contributed by atoms with van der Waals surface area (Å²) >= 11 is -0.126. The van der Waals surface area contributed by atoms with Crippen molar-refractivity contribution in [2.45, 2.75) is 75.5 Å². The number of nitrogens with zero attached hydrogens (tertiary/aromatic N) is 1. The van der Waals surface area contributed by atoms with Gasteiger partial charge in [-0.3, -0.25) is 0 Å². The van der Waals surface area contributed by atoms with E-state index in [1.807, 2.05) is 0 Å². The third kappa shape index (κ3) is 3.77. The van der Waals surface area contributed by atoms with Gasteiger partial charge in [-0.15, -0.1) is 0 Å². The van der Waals surface area contributed by atoms with Crippen molar-refractivity contribution in [1.82, 2.24) is 0 Å². The van der Waals surface area contributed by atoms with E-state index in [4.69, 9.17) is 9.19 Å². The first-order chi connectivity index (χ1) is 11.7. The van der Waals surface area contributed by atoms with Crippen LogP contribution in [0.4, 0.5) is 5.69 Å². The normalized spacial score (nSPS) is 21.1. The van der Waals surface area contributed by atoms with Crippen LogP contribution in [0.3, 0.4) is 0 Å². The molecular weight excluding hydrogens is 518 g/mol. The molecule has 1 aromatic rings. The molecule has 0 radical (unpaired) electrons. The molecule has 0 amide bonds. The van der Waals surface area contributed by atoms with Crippen molar-refractivity contribution in [3.8, 4) is 0 Å². The molecule has 0 bridgehead atoms. The fraction of sp³-hybridized carbons (Fsp3) is 0.700. The van der Waals surface area contributed by atoms with Gasteiger partial charge in [-0.05, 0) is 0 Å². The average molecular weight is 550 g/mol. The molecule has 2 fully saturated rings. The number of anilines is 1. The van der Waals surface area contributed by atoms with E-state index in [2.05, 4.69) is 43.3 Å². The number of hydrogen-bond donors (Lipinski definition) is 0. The Balaban J connectivity index is 2.14. The Morgan fingerprint density at radius 3 is 1.83 bits per heavy atom. The Kier molecular flexibility index (Phi) is 7.15. The van der Waals surface area contributed by atoms with E-state index in [1.54, 1.807) is 5.30 Å². The predicted molar refractivity (Wildman–Crippen MR) is 107 cm³/mol. The fourth-order valence-corrected chi connectivity index (χ4v) is 21.9. The number of benzene rings is 1. The molecule has 2 aliphatic rings. The molecule has 0 N–H and O–H groups in total. The van der Waals surface area contributed by atoms with E-state index >= 15 is 0 Å². The maximum atomic E-state index is 7.03. The second-order valence-corrected chi connectivity index (χ2v) is 19.4. The standard InChI is InChI=1S/C20H32NP.Au.ClH/c1-21(2)19-15-9-10-16-20(19)22(17-11-5-3-6-12-17)18-13-7-4-8-14-18;;/h9-10,15-18H,3-8,11-14H2,1-2H3;;1H/q;+1;/p-1. The average Bonchev–Trinajstić information content (AvgIpc) is 2.65. The molecule has 0 heterocycles. The van der Waals surface area contributed by atoms with Crippen LogP contribution in [0.25, 0.3) is 0 Å². The summed E-state index contributed by atoms with van der Waals surface area (Å²) in [5.74, 6) is 0. The van der Waals surface area contributed by atoms with Gasteiger partial charge in [0.05, 0.1) is 0 Å². The molecule has 1 nitrogen and oxygen atoms in total. The third-order valence-corrected chi connectivity index (χ3v) is 22.5. The molecule has 1 aromatic carbocycles. The predicted octanol–water partition coefficient (Wildman–Crippen LogP) is 6.21. The SMILES string of the molecule is CN(C)c1ccccc1[P](=[Au][Cl])(C1CCCCC1)C1CCCCC1. The van der Waals surface area contributed by atoms with Crippen LogP contribution in [0.15, 0.2) is 24.3 Å². The summed E-state index contributed by atoms with van der Waals surface area (Å²) in [7, 11) is 11.4. The molecular formula is C20H32AuClNP. The van der Waals surface area contributed by atoms with E-state index in [1.165, 1.54) is 69.9 Å². The van der Waals surface area contributed by atoms with Crippen LogP contribution in [0, 0.1) is 0 Å². The van der Waals surface area contributed by atoms with Gasteiger partial charge in [-0.2, -0.15) is 0 Å². The van der Waals surface area contributed by atoms with Gasteiger partial charge in [-0.1, -0.05) is 0 Å². The van der Waals surface area contributed by atoms with Crippen molar-refractivity contribution in [2.75, 3.05) is 19.0 Å². The molecule has 0 spiro atoms. The summed E-state index contributed by atoms with van der Waals surface area (Å²) in [6, 6.07) is 9.28. The molecule has 0 unspecified atom stereocenters. The summed E-state index contributed by atoms with van der Waals surface area (Å²) in [5.41, 5.74) is 3.28. The first-order valence-electron chi connectivity index (χ1n) is 9.57. The van der Waals surface area contributed by atoms with Crippen LogP contribution in [-0.4, -0.2) is 25.4 Å². The van der Waals surface area contributed by atoms with Crippen LogP contribution < -0.4 is 10.2 Å². The summed E-state index contributed by atoms with van der Waals surface area (Å²) in [5, 5.41) is 1.69. The van der Waals surface area contributed by atoms with E-state index in [0.29, 0.717) is 0 Å². The van der Waals surface area contributed by atoms with Crippen molar-refractivity contribution < 1.29 is 17.6 Å². The van der Waals surface area contributed by atoms with Gasteiger partial charge in [0.25, 0.3) is 0 Å². The minimum atomic E-state index is -1.25. The zero-order valence-electron chi connectivity index (χ0n) is 15.1. The van der Waals surface area contributed by atoms with Crippen LogP contribution in [-0.2, 0) is 17.6 Å². The molecule has 2 saturated carbocycles. The zero-order chi connectivity index (χ0) is 17.0. The van der Waals surface area contributed by atoms with Crippen molar-refractivity contribution in [2.24, 2.45) is 0 Å².